The molecule has 1 aliphatic heterocycles. The molecule has 22 heavy (non-hydrogen) atoms. The molecule has 1 saturated heterocycles. The highest BCUT2D eigenvalue weighted by Gasteiger charge is 2.23. The number of carbonyl (C=O) groups excluding carboxylic acids is 2. The molecule has 0 bridgehead atoms. The smallest absolute Gasteiger partial charge is 0.414 e. The van der Waals surface area contributed by atoms with Crippen molar-refractivity contribution in [2.45, 2.75) is 0 Å². The topological polar surface area (TPSA) is 64.4 Å². The van der Waals surface area contributed by atoms with Gasteiger partial charge in [0, 0.05) is 24.5 Å². The first-order chi connectivity index (χ1) is 10.6. The third-order valence-corrected chi connectivity index (χ3v) is 3.49. The summed E-state index contributed by atoms with van der Waals surface area (Å²) in [4.78, 5) is 25.1. The fraction of sp³-hybridized carbons (Fsp3) is 0.188. The molecule has 1 aromatic carbocycles. The van der Waals surface area contributed by atoms with E-state index in [9.17, 15) is 9.59 Å². The molecular formula is C16H15N3O3. The Morgan fingerprint density at radius 2 is 2.05 bits per heavy atom. The van der Waals surface area contributed by atoms with E-state index in [0.717, 1.165) is 11.4 Å². The maximum Gasteiger partial charge on any atom is 0.414 e. The van der Waals surface area contributed by atoms with Crippen molar-refractivity contribution in [1.82, 2.24) is 9.78 Å². The van der Waals surface area contributed by atoms with Gasteiger partial charge in [0.1, 0.15) is 6.61 Å². The average Bonchev–Trinajstić information content (AvgIpc) is 3.13. The third-order valence-electron chi connectivity index (χ3n) is 3.49. The number of carbonyl (C=O) groups is 2. The molecule has 2 heterocycles. The van der Waals surface area contributed by atoms with Gasteiger partial charge < -0.3 is 4.74 Å². The van der Waals surface area contributed by atoms with Crippen LogP contribution in [0.1, 0.15) is 16.1 Å². The van der Waals surface area contributed by atoms with E-state index in [1.807, 2.05) is 13.1 Å². The normalized spacial score (nSPS) is 14.6. The van der Waals surface area contributed by atoms with Gasteiger partial charge in [-0.25, -0.2) is 4.79 Å². The zero-order valence-corrected chi connectivity index (χ0v) is 12.1. The van der Waals surface area contributed by atoms with E-state index in [1.54, 1.807) is 46.1 Å². The van der Waals surface area contributed by atoms with Crippen molar-refractivity contribution in [3.63, 3.8) is 0 Å². The molecule has 0 aliphatic carbocycles. The predicted molar refractivity (Wildman–Crippen MR) is 81.7 cm³/mol. The Hall–Kier alpha value is -2.89. The van der Waals surface area contributed by atoms with Crippen molar-refractivity contribution in [2.24, 2.45) is 7.05 Å². The summed E-state index contributed by atoms with van der Waals surface area (Å²) < 4.78 is 6.58. The minimum absolute atomic E-state index is 0.100. The predicted octanol–water partition coefficient (Wildman–Crippen LogP) is 2.27. The van der Waals surface area contributed by atoms with Gasteiger partial charge in [-0.1, -0.05) is 0 Å². The number of allylic oxidation sites excluding steroid dienone is 1. The number of amides is 1. The zero-order chi connectivity index (χ0) is 15.5. The van der Waals surface area contributed by atoms with Crippen LogP contribution in [-0.4, -0.2) is 34.8 Å². The number of nitrogens with zero attached hydrogens (tertiary/aromatic N) is 3. The summed E-state index contributed by atoms with van der Waals surface area (Å²) >= 11 is 0. The van der Waals surface area contributed by atoms with Gasteiger partial charge in [0.25, 0.3) is 0 Å². The van der Waals surface area contributed by atoms with E-state index in [-0.39, 0.29) is 11.9 Å². The van der Waals surface area contributed by atoms with Crippen LogP contribution < -0.4 is 4.90 Å². The minimum Gasteiger partial charge on any atom is -0.447 e. The molecule has 1 amide bonds. The second-order valence-corrected chi connectivity index (χ2v) is 4.89. The Morgan fingerprint density at radius 3 is 2.64 bits per heavy atom. The first-order valence-corrected chi connectivity index (χ1v) is 6.90. The van der Waals surface area contributed by atoms with Gasteiger partial charge in [-0.05, 0) is 42.5 Å². The van der Waals surface area contributed by atoms with E-state index in [1.165, 1.54) is 6.08 Å². The van der Waals surface area contributed by atoms with Crippen LogP contribution in [0.25, 0.3) is 6.08 Å². The van der Waals surface area contributed by atoms with E-state index in [4.69, 9.17) is 4.74 Å². The Balaban J connectivity index is 1.72. The molecule has 0 radical (unpaired) electrons. The number of cyclic esters (lactones) is 1. The first-order valence-electron chi connectivity index (χ1n) is 6.90. The van der Waals surface area contributed by atoms with Crippen LogP contribution >= 0.6 is 0 Å². The van der Waals surface area contributed by atoms with Crippen molar-refractivity contribution in [3.8, 4) is 0 Å². The molecule has 1 aromatic heterocycles. The number of benzene rings is 1. The molecule has 6 nitrogen and oxygen atoms in total. The monoisotopic (exact) mass is 297 g/mol. The molecular weight excluding hydrogens is 282 g/mol. The van der Waals surface area contributed by atoms with Crippen LogP contribution in [0, 0.1) is 0 Å². The number of ketones is 1. The fourth-order valence-electron chi connectivity index (χ4n) is 2.24. The lowest BCUT2D eigenvalue weighted by Crippen LogP contribution is -2.23. The number of aromatic nitrogens is 2. The Labute approximate surface area is 127 Å². The number of aryl methyl sites for hydroxylation is 1. The molecule has 0 spiro atoms. The van der Waals surface area contributed by atoms with E-state index in [0.29, 0.717) is 18.7 Å². The van der Waals surface area contributed by atoms with Gasteiger partial charge in [0.05, 0.1) is 12.2 Å². The lowest BCUT2D eigenvalue weighted by molar-refractivity contribution is 0.104. The summed E-state index contributed by atoms with van der Waals surface area (Å²) in [5.41, 5.74) is 2.15. The van der Waals surface area contributed by atoms with Gasteiger partial charge in [0.2, 0.25) is 0 Å². The molecule has 1 aliphatic rings. The molecule has 0 unspecified atom stereocenters. The molecule has 0 N–H and O–H groups in total. The maximum atomic E-state index is 12.1. The van der Waals surface area contributed by atoms with E-state index in [2.05, 4.69) is 5.10 Å². The zero-order valence-electron chi connectivity index (χ0n) is 12.1. The molecule has 0 atom stereocenters. The SMILES string of the molecule is Cn1nccc1/C=C/C(=O)c1ccc(N2CCOC2=O)cc1. The Morgan fingerprint density at radius 1 is 1.27 bits per heavy atom. The lowest BCUT2D eigenvalue weighted by atomic mass is 10.1. The fourth-order valence-corrected chi connectivity index (χ4v) is 2.24. The Bertz CT molecular complexity index is 731. The minimum atomic E-state index is -0.352. The molecule has 3 rings (SSSR count). The van der Waals surface area contributed by atoms with Gasteiger partial charge in [-0.3, -0.25) is 14.4 Å². The number of rotatable bonds is 4. The number of hydrogen-bond donors (Lipinski definition) is 0. The van der Waals surface area contributed by atoms with Crippen LogP contribution in [0.2, 0.25) is 0 Å². The summed E-state index contributed by atoms with van der Waals surface area (Å²) in [7, 11) is 1.81. The maximum absolute atomic E-state index is 12.1. The summed E-state index contributed by atoms with van der Waals surface area (Å²) in [5.74, 6) is -0.100. The number of ether oxygens (including phenoxy) is 1. The summed E-state index contributed by atoms with van der Waals surface area (Å²) in [5, 5.41) is 4.03. The summed E-state index contributed by atoms with van der Waals surface area (Å²) in [6, 6.07) is 8.73. The van der Waals surface area contributed by atoms with Crippen molar-refractivity contribution < 1.29 is 14.3 Å². The highest BCUT2D eigenvalue weighted by atomic mass is 16.6. The average molecular weight is 297 g/mol. The van der Waals surface area contributed by atoms with E-state index >= 15 is 0 Å². The van der Waals surface area contributed by atoms with Gasteiger partial charge >= 0.3 is 6.09 Å². The van der Waals surface area contributed by atoms with Crippen LogP contribution in [0.4, 0.5) is 10.5 Å². The summed E-state index contributed by atoms with van der Waals surface area (Å²) in [6.07, 6.45) is 4.56. The lowest BCUT2D eigenvalue weighted by Gasteiger charge is -2.12. The van der Waals surface area contributed by atoms with Gasteiger partial charge in [-0.15, -0.1) is 0 Å². The van der Waals surface area contributed by atoms with E-state index < -0.39 is 0 Å². The largest absolute Gasteiger partial charge is 0.447 e. The molecule has 2 aromatic rings. The van der Waals surface area contributed by atoms with Gasteiger partial charge in [0.15, 0.2) is 5.78 Å². The van der Waals surface area contributed by atoms with Crippen molar-refractivity contribution in [3.05, 3.63) is 53.9 Å². The molecule has 112 valence electrons. The van der Waals surface area contributed by atoms with Crippen molar-refractivity contribution in [2.75, 3.05) is 18.1 Å². The standard InChI is InChI=1S/C16H15N3O3/c1-18-13(8-9-17-18)6-7-15(20)12-2-4-14(5-3-12)19-10-11-22-16(19)21/h2-9H,10-11H2,1H3/b7-6+. The highest BCUT2D eigenvalue weighted by molar-refractivity contribution is 6.07. The van der Waals surface area contributed by atoms with Crippen molar-refractivity contribution in [1.29, 1.82) is 0 Å². The summed E-state index contributed by atoms with van der Waals surface area (Å²) in [6.45, 7) is 0.930. The second-order valence-electron chi connectivity index (χ2n) is 4.89. The number of hydrogen-bond acceptors (Lipinski definition) is 4. The molecule has 1 fully saturated rings. The van der Waals surface area contributed by atoms with Crippen LogP contribution in [-0.2, 0) is 11.8 Å². The molecule has 0 saturated carbocycles. The second kappa shape index (κ2) is 5.85. The quantitative estimate of drug-likeness (QED) is 0.641. The first kappa shape index (κ1) is 14.1. The highest BCUT2D eigenvalue weighted by Crippen LogP contribution is 2.19. The van der Waals surface area contributed by atoms with Crippen LogP contribution in [0.15, 0.2) is 42.6 Å². The van der Waals surface area contributed by atoms with Gasteiger partial charge in [-0.2, -0.15) is 5.10 Å². The number of anilines is 1. The third kappa shape index (κ3) is 2.76. The van der Waals surface area contributed by atoms with Crippen molar-refractivity contribution >= 4 is 23.6 Å². The Kier molecular flexibility index (Phi) is 3.74. The van der Waals surface area contributed by atoms with Crippen LogP contribution in [0.3, 0.4) is 0 Å². The molecule has 6 heteroatoms. The van der Waals surface area contributed by atoms with Crippen LogP contribution in [0.5, 0.6) is 0 Å².